The van der Waals surface area contributed by atoms with Gasteiger partial charge in [0.2, 0.25) is 0 Å². The Morgan fingerprint density at radius 2 is 1.89 bits per heavy atom. The largest absolute Gasteiger partial charge is 0.469 e. The Morgan fingerprint density at radius 3 is 2.62 bits per heavy atom. The van der Waals surface area contributed by atoms with E-state index in [2.05, 4.69) is 6.92 Å². The number of benzene rings is 1. The number of methoxy groups -OCH3 is 1. The highest BCUT2D eigenvalue weighted by molar-refractivity contribution is 5.93. The first-order valence-electron chi connectivity index (χ1n) is 13.5. The molecule has 2 aromatic heterocycles. The summed E-state index contributed by atoms with van der Waals surface area (Å²) in [6.45, 7) is 2.87. The van der Waals surface area contributed by atoms with Crippen molar-refractivity contribution in [2.24, 2.45) is 5.92 Å². The van der Waals surface area contributed by atoms with Crippen molar-refractivity contribution >= 4 is 17.5 Å². The number of esters is 1. The zero-order chi connectivity index (χ0) is 25.7. The van der Waals surface area contributed by atoms with E-state index in [0.29, 0.717) is 34.9 Å². The van der Waals surface area contributed by atoms with E-state index in [9.17, 15) is 9.59 Å². The zero-order valence-corrected chi connectivity index (χ0v) is 21.5. The first-order chi connectivity index (χ1) is 17.9. The summed E-state index contributed by atoms with van der Waals surface area (Å²) in [5.41, 5.74) is 3.68. The highest BCUT2D eigenvalue weighted by Crippen LogP contribution is 2.48. The first kappa shape index (κ1) is 24.1. The number of amides is 1. The van der Waals surface area contributed by atoms with Crippen molar-refractivity contribution in [3.8, 4) is 11.3 Å². The molecule has 7 nitrogen and oxygen atoms in total. The number of halogens is 1. The van der Waals surface area contributed by atoms with Crippen LogP contribution in [-0.2, 0) is 9.53 Å². The van der Waals surface area contributed by atoms with Gasteiger partial charge in [0.15, 0.2) is 5.65 Å². The molecule has 194 valence electrons. The normalized spacial score (nSPS) is 24.0. The summed E-state index contributed by atoms with van der Waals surface area (Å²) in [6.07, 6.45) is 8.25. The fourth-order valence-electron chi connectivity index (χ4n) is 5.90. The Hall–Kier alpha value is -3.29. The Morgan fingerprint density at radius 1 is 1.05 bits per heavy atom. The third-order valence-corrected chi connectivity index (χ3v) is 8.50. The van der Waals surface area contributed by atoms with Gasteiger partial charge in [-0.25, -0.2) is 13.9 Å². The van der Waals surface area contributed by atoms with Crippen molar-refractivity contribution in [3.05, 3.63) is 53.1 Å². The summed E-state index contributed by atoms with van der Waals surface area (Å²) in [6, 6.07) is 8.98. The van der Waals surface area contributed by atoms with Gasteiger partial charge in [-0.2, -0.15) is 5.10 Å². The van der Waals surface area contributed by atoms with Gasteiger partial charge in [0.1, 0.15) is 11.5 Å². The van der Waals surface area contributed by atoms with Gasteiger partial charge in [-0.3, -0.25) is 9.59 Å². The number of hydrogen-bond acceptors (Lipinski definition) is 5. The lowest BCUT2D eigenvalue weighted by atomic mass is 9.82. The van der Waals surface area contributed by atoms with E-state index in [1.54, 1.807) is 16.6 Å². The molecule has 3 heterocycles. The number of carbonyl (C=O) groups excluding carboxylic acids is 2. The van der Waals surface area contributed by atoms with Crippen molar-refractivity contribution in [3.63, 3.8) is 0 Å². The van der Waals surface area contributed by atoms with Gasteiger partial charge >= 0.3 is 5.97 Å². The van der Waals surface area contributed by atoms with E-state index in [0.717, 1.165) is 62.7 Å². The summed E-state index contributed by atoms with van der Waals surface area (Å²) >= 11 is 0. The average molecular weight is 505 g/mol. The summed E-state index contributed by atoms with van der Waals surface area (Å²) in [4.78, 5) is 32.0. The van der Waals surface area contributed by atoms with Crippen LogP contribution in [0, 0.1) is 11.7 Å². The smallest absolute Gasteiger partial charge is 0.309 e. The van der Waals surface area contributed by atoms with E-state index in [1.807, 2.05) is 17.0 Å². The zero-order valence-electron chi connectivity index (χ0n) is 21.5. The second-order valence-corrected chi connectivity index (χ2v) is 10.9. The van der Waals surface area contributed by atoms with Crippen LogP contribution in [0.1, 0.15) is 91.9 Å². The summed E-state index contributed by atoms with van der Waals surface area (Å²) in [7, 11) is 1.38. The second-order valence-electron chi connectivity index (χ2n) is 10.9. The number of nitrogens with zero attached hydrogens (tertiary/aromatic N) is 4. The van der Waals surface area contributed by atoms with Crippen LogP contribution in [0.5, 0.6) is 0 Å². The van der Waals surface area contributed by atoms with Gasteiger partial charge in [-0.1, -0.05) is 25.3 Å². The van der Waals surface area contributed by atoms with Crippen LogP contribution in [0.15, 0.2) is 30.3 Å². The van der Waals surface area contributed by atoms with Gasteiger partial charge in [0, 0.05) is 35.8 Å². The maximum Gasteiger partial charge on any atom is 0.309 e. The van der Waals surface area contributed by atoms with Crippen LogP contribution in [0.3, 0.4) is 0 Å². The molecule has 3 aliphatic rings. The van der Waals surface area contributed by atoms with Crippen LogP contribution >= 0.6 is 0 Å². The predicted octanol–water partition coefficient (Wildman–Crippen LogP) is 5.48. The molecule has 0 radical (unpaired) electrons. The van der Waals surface area contributed by atoms with Gasteiger partial charge in [0.25, 0.3) is 5.91 Å². The molecule has 1 amide bonds. The standard InChI is InChI=1S/C29H33FN4O3/c1-17-7-4-3-5-12-33(17)28(35)25-15-26(18-8-6-9-18)34-27(31-25)16-24(32-34)20-11-10-19(13-23(20)30)21-14-22(21)29(36)37-2/h10-11,13,15-18,21-22H,3-9,12,14H2,1-2H3/t17-,21?,22-/m1/s1. The Kier molecular flexibility index (Phi) is 6.21. The summed E-state index contributed by atoms with van der Waals surface area (Å²) in [5, 5.41) is 4.75. The molecule has 2 saturated carbocycles. The third-order valence-electron chi connectivity index (χ3n) is 8.50. The average Bonchev–Trinajstić information content (AvgIpc) is 3.59. The lowest BCUT2D eigenvalue weighted by molar-refractivity contribution is -0.142. The van der Waals surface area contributed by atoms with Crippen LogP contribution in [-0.4, -0.2) is 51.1 Å². The van der Waals surface area contributed by atoms with Crippen molar-refractivity contribution < 1.29 is 18.7 Å². The third kappa shape index (κ3) is 4.40. The molecule has 37 heavy (non-hydrogen) atoms. The Balaban J connectivity index is 1.34. The van der Waals surface area contributed by atoms with Crippen LogP contribution < -0.4 is 0 Å². The van der Waals surface area contributed by atoms with E-state index in [4.69, 9.17) is 14.8 Å². The van der Waals surface area contributed by atoms with E-state index in [1.165, 1.54) is 13.2 Å². The van der Waals surface area contributed by atoms with Crippen LogP contribution in [0.2, 0.25) is 0 Å². The van der Waals surface area contributed by atoms with Crippen LogP contribution in [0.4, 0.5) is 4.39 Å². The van der Waals surface area contributed by atoms with E-state index >= 15 is 4.39 Å². The molecule has 1 aliphatic heterocycles. The van der Waals surface area contributed by atoms with Crippen LogP contribution in [0.25, 0.3) is 16.9 Å². The molecule has 3 aromatic rings. The van der Waals surface area contributed by atoms with Gasteiger partial charge in [-0.05, 0) is 68.7 Å². The molecule has 1 saturated heterocycles. The molecule has 6 rings (SSSR count). The van der Waals surface area contributed by atoms with Crippen molar-refractivity contribution in [1.82, 2.24) is 19.5 Å². The molecule has 0 bridgehead atoms. The number of fused-ring (bicyclic) bond motifs is 1. The lowest BCUT2D eigenvalue weighted by Crippen LogP contribution is -2.38. The molecular formula is C29H33FN4O3. The minimum atomic E-state index is -0.378. The minimum absolute atomic E-state index is 0.00101. The summed E-state index contributed by atoms with van der Waals surface area (Å²) in [5.74, 6) is -0.522. The molecule has 2 aliphatic carbocycles. The van der Waals surface area contributed by atoms with Gasteiger partial charge in [-0.15, -0.1) is 0 Å². The van der Waals surface area contributed by atoms with Gasteiger partial charge in [0.05, 0.1) is 18.7 Å². The maximum atomic E-state index is 15.3. The number of ether oxygens (including phenoxy) is 1. The number of likely N-dealkylation sites (tertiary alicyclic amines) is 1. The Labute approximate surface area is 216 Å². The predicted molar refractivity (Wildman–Crippen MR) is 137 cm³/mol. The molecule has 3 fully saturated rings. The number of hydrogen-bond donors (Lipinski definition) is 0. The highest BCUT2D eigenvalue weighted by Gasteiger charge is 2.45. The molecule has 0 spiro atoms. The first-order valence-corrected chi connectivity index (χ1v) is 13.5. The SMILES string of the molecule is COC(=O)[C@@H]1CC1c1ccc(-c2cc3nc(C(=O)N4CCCCC[C@H]4C)cc(C4CCC4)n3n2)c(F)c1. The fourth-order valence-corrected chi connectivity index (χ4v) is 5.90. The molecule has 1 unspecified atom stereocenters. The molecule has 0 N–H and O–H groups in total. The molecule has 3 atom stereocenters. The maximum absolute atomic E-state index is 15.3. The van der Waals surface area contributed by atoms with E-state index in [-0.39, 0.29) is 35.6 Å². The van der Waals surface area contributed by atoms with Crippen molar-refractivity contribution in [1.29, 1.82) is 0 Å². The van der Waals surface area contributed by atoms with Crippen molar-refractivity contribution in [2.45, 2.75) is 76.2 Å². The highest BCUT2D eigenvalue weighted by atomic mass is 19.1. The number of rotatable bonds is 5. The fraction of sp³-hybridized carbons (Fsp3) is 0.517. The van der Waals surface area contributed by atoms with E-state index < -0.39 is 0 Å². The lowest BCUT2D eigenvalue weighted by Gasteiger charge is -2.29. The van der Waals surface area contributed by atoms with Crippen molar-refractivity contribution in [2.75, 3.05) is 13.7 Å². The topological polar surface area (TPSA) is 76.8 Å². The molecular weight excluding hydrogens is 471 g/mol. The monoisotopic (exact) mass is 504 g/mol. The quantitative estimate of drug-likeness (QED) is 0.430. The molecule has 1 aromatic carbocycles. The van der Waals surface area contributed by atoms with Gasteiger partial charge < -0.3 is 9.64 Å². The number of aromatic nitrogens is 3. The minimum Gasteiger partial charge on any atom is -0.469 e. The Bertz CT molecular complexity index is 1360. The number of carbonyl (C=O) groups is 2. The molecule has 8 heteroatoms. The second kappa shape index (κ2) is 9.54. The summed E-state index contributed by atoms with van der Waals surface area (Å²) < 4.78 is 21.9.